The average molecular weight is 483 g/mol. The zero-order valence-electron chi connectivity index (χ0n) is 17.9. The van der Waals surface area contributed by atoms with Crippen molar-refractivity contribution in [1.29, 1.82) is 0 Å². The summed E-state index contributed by atoms with van der Waals surface area (Å²) < 4.78 is 38.8. The van der Waals surface area contributed by atoms with E-state index < -0.39 is 10.0 Å². The normalized spacial score (nSPS) is 16.1. The Kier molecular flexibility index (Phi) is 5.88. The van der Waals surface area contributed by atoms with Crippen LogP contribution in [-0.4, -0.2) is 52.0 Å². The van der Waals surface area contributed by atoms with Crippen LogP contribution in [0.4, 0.5) is 11.4 Å². The van der Waals surface area contributed by atoms with E-state index in [1.165, 1.54) is 23.5 Å². The Morgan fingerprint density at radius 1 is 0.939 bits per heavy atom. The molecule has 9 heteroatoms. The Morgan fingerprint density at radius 2 is 1.55 bits per heavy atom. The number of amides is 1. The number of benzene rings is 3. The number of para-hydroxylation sites is 2. The van der Waals surface area contributed by atoms with Gasteiger partial charge in [-0.25, -0.2) is 8.42 Å². The topological polar surface area (TPSA) is 76.2 Å². The van der Waals surface area contributed by atoms with Crippen LogP contribution in [0.25, 0.3) is 0 Å². The van der Waals surface area contributed by atoms with E-state index in [1.54, 1.807) is 22.7 Å². The van der Waals surface area contributed by atoms with Gasteiger partial charge < -0.3 is 9.47 Å². The Bertz CT molecular complexity index is 1270. The maximum Gasteiger partial charge on any atom is 0.262 e. The molecule has 2 aliphatic rings. The van der Waals surface area contributed by atoms with Gasteiger partial charge in [0.1, 0.15) is 10.6 Å². The molecule has 0 N–H and O–H groups in total. The van der Waals surface area contributed by atoms with Crippen molar-refractivity contribution in [3.63, 3.8) is 0 Å². The molecule has 3 aromatic rings. The van der Waals surface area contributed by atoms with E-state index in [9.17, 15) is 13.2 Å². The summed E-state index contributed by atoms with van der Waals surface area (Å²) in [4.78, 5) is 17.4. The standard InChI is InChI=1S/C24H22N2O5S2/c1-30-20-11-10-17(16-23(20)33(28,29)25-12-14-31-15-13-25)24(27)26-18-6-2-4-8-21(18)32-22-9-5-3-7-19(22)26/h2-11,16H,12-15H2,1H3. The van der Waals surface area contributed by atoms with Crippen molar-refractivity contribution in [3.05, 3.63) is 72.3 Å². The quantitative estimate of drug-likeness (QED) is 0.556. The fourth-order valence-corrected chi connectivity index (χ4v) is 6.64. The third-order valence-electron chi connectivity index (χ3n) is 5.63. The smallest absolute Gasteiger partial charge is 0.262 e. The number of nitrogens with zero attached hydrogens (tertiary/aromatic N) is 2. The van der Waals surface area contributed by atoms with Gasteiger partial charge in [-0.3, -0.25) is 9.69 Å². The highest BCUT2D eigenvalue weighted by Gasteiger charge is 2.33. The summed E-state index contributed by atoms with van der Waals surface area (Å²) in [5.41, 5.74) is 1.79. The number of hydrogen-bond acceptors (Lipinski definition) is 6. The molecule has 33 heavy (non-hydrogen) atoms. The van der Waals surface area contributed by atoms with Gasteiger partial charge in [0.25, 0.3) is 5.91 Å². The summed E-state index contributed by atoms with van der Waals surface area (Å²) in [7, 11) is -2.44. The second kappa shape index (κ2) is 8.83. The first-order valence-corrected chi connectivity index (χ1v) is 12.7. The van der Waals surface area contributed by atoms with Gasteiger partial charge in [0, 0.05) is 28.4 Å². The monoisotopic (exact) mass is 482 g/mol. The Balaban J connectivity index is 1.60. The first-order valence-electron chi connectivity index (χ1n) is 10.5. The highest BCUT2D eigenvalue weighted by atomic mass is 32.2. The van der Waals surface area contributed by atoms with Gasteiger partial charge in [-0.2, -0.15) is 4.31 Å². The molecule has 1 fully saturated rings. The molecule has 0 spiro atoms. The molecule has 0 unspecified atom stereocenters. The predicted octanol–water partition coefficient (Wildman–Crippen LogP) is 4.16. The van der Waals surface area contributed by atoms with E-state index in [1.807, 2.05) is 48.5 Å². The van der Waals surface area contributed by atoms with Gasteiger partial charge in [0.15, 0.2) is 0 Å². The predicted molar refractivity (Wildman–Crippen MR) is 126 cm³/mol. The summed E-state index contributed by atoms with van der Waals surface area (Å²) in [6, 6.07) is 19.9. The minimum Gasteiger partial charge on any atom is -0.495 e. The molecule has 1 saturated heterocycles. The zero-order chi connectivity index (χ0) is 23.0. The third-order valence-corrected chi connectivity index (χ3v) is 8.68. The van der Waals surface area contributed by atoms with Crippen molar-refractivity contribution in [2.75, 3.05) is 38.3 Å². The molecule has 0 saturated carbocycles. The largest absolute Gasteiger partial charge is 0.495 e. The fourth-order valence-electron chi connectivity index (χ4n) is 3.99. The summed E-state index contributed by atoms with van der Waals surface area (Å²) in [5.74, 6) is -0.107. The average Bonchev–Trinajstić information content (AvgIpc) is 2.87. The maximum atomic E-state index is 13.8. The lowest BCUT2D eigenvalue weighted by Gasteiger charge is -2.31. The van der Waals surface area contributed by atoms with Crippen LogP contribution in [0.5, 0.6) is 5.75 Å². The number of rotatable bonds is 4. The molecular formula is C24H22N2O5S2. The van der Waals surface area contributed by atoms with Gasteiger partial charge in [-0.1, -0.05) is 36.0 Å². The Morgan fingerprint density at radius 3 is 2.15 bits per heavy atom. The SMILES string of the molecule is COc1ccc(C(=O)N2c3ccccc3Sc3ccccc32)cc1S(=O)(=O)N1CCOCC1. The second-order valence-corrected chi connectivity index (χ2v) is 10.6. The number of carbonyl (C=O) groups excluding carboxylic acids is 1. The first-order chi connectivity index (χ1) is 16.0. The maximum absolute atomic E-state index is 13.8. The number of sulfonamides is 1. The second-order valence-electron chi connectivity index (χ2n) is 7.56. The van der Waals surface area contributed by atoms with Crippen molar-refractivity contribution in [1.82, 2.24) is 4.31 Å². The number of ether oxygens (including phenoxy) is 2. The lowest BCUT2D eigenvalue weighted by Crippen LogP contribution is -2.40. The van der Waals surface area contributed by atoms with Crippen molar-refractivity contribution >= 4 is 39.1 Å². The molecule has 0 bridgehead atoms. The minimum atomic E-state index is -3.86. The summed E-state index contributed by atoms with van der Waals surface area (Å²) >= 11 is 1.60. The van der Waals surface area contributed by atoms with Crippen LogP contribution < -0.4 is 9.64 Å². The van der Waals surface area contributed by atoms with Crippen LogP contribution in [0.15, 0.2) is 81.4 Å². The summed E-state index contributed by atoms with van der Waals surface area (Å²) in [6.07, 6.45) is 0. The molecule has 2 heterocycles. The molecule has 0 aliphatic carbocycles. The van der Waals surface area contributed by atoms with E-state index in [4.69, 9.17) is 9.47 Å². The number of hydrogen-bond donors (Lipinski definition) is 0. The summed E-state index contributed by atoms with van der Waals surface area (Å²) in [5, 5.41) is 0. The molecule has 3 aromatic carbocycles. The van der Waals surface area contributed by atoms with Gasteiger partial charge in [-0.15, -0.1) is 0 Å². The van der Waals surface area contributed by atoms with Crippen molar-refractivity contribution in [3.8, 4) is 5.75 Å². The van der Waals surface area contributed by atoms with Crippen LogP contribution in [0.2, 0.25) is 0 Å². The van der Waals surface area contributed by atoms with Gasteiger partial charge in [-0.05, 0) is 42.5 Å². The third kappa shape index (κ3) is 3.91. The van der Waals surface area contributed by atoms with Crippen LogP contribution >= 0.6 is 11.8 Å². The highest BCUT2D eigenvalue weighted by molar-refractivity contribution is 7.99. The molecule has 2 aliphatic heterocycles. The minimum absolute atomic E-state index is 0.0225. The number of methoxy groups -OCH3 is 1. The molecule has 170 valence electrons. The molecule has 0 radical (unpaired) electrons. The molecule has 1 amide bonds. The molecule has 7 nitrogen and oxygen atoms in total. The van der Waals surface area contributed by atoms with Gasteiger partial charge in [0.2, 0.25) is 10.0 Å². The van der Waals surface area contributed by atoms with Gasteiger partial charge >= 0.3 is 0 Å². The fraction of sp³-hybridized carbons (Fsp3) is 0.208. The number of carbonyl (C=O) groups is 1. The summed E-state index contributed by atoms with van der Waals surface area (Å²) in [6.45, 7) is 1.18. The van der Waals surface area contributed by atoms with E-state index in [0.29, 0.717) is 13.2 Å². The van der Waals surface area contributed by atoms with Crippen LogP contribution in [0.3, 0.4) is 0 Å². The Hall–Kier alpha value is -2.85. The van der Waals surface area contributed by atoms with Crippen LogP contribution in [0, 0.1) is 0 Å². The van der Waals surface area contributed by atoms with Crippen molar-refractivity contribution in [2.24, 2.45) is 0 Å². The Labute approximate surface area is 197 Å². The highest BCUT2D eigenvalue weighted by Crippen LogP contribution is 2.48. The van der Waals surface area contributed by atoms with E-state index in [0.717, 1.165) is 21.2 Å². The van der Waals surface area contributed by atoms with E-state index >= 15 is 0 Å². The molecule has 5 rings (SSSR count). The zero-order valence-corrected chi connectivity index (χ0v) is 19.6. The molecular weight excluding hydrogens is 460 g/mol. The number of fused-ring (bicyclic) bond motifs is 2. The van der Waals surface area contributed by atoms with Crippen molar-refractivity contribution in [2.45, 2.75) is 14.7 Å². The van der Waals surface area contributed by atoms with Crippen LogP contribution in [-0.2, 0) is 14.8 Å². The van der Waals surface area contributed by atoms with E-state index in [2.05, 4.69) is 0 Å². The molecule has 0 atom stereocenters. The van der Waals surface area contributed by atoms with Crippen molar-refractivity contribution < 1.29 is 22.7 Å². The number of morpholine rings is 1. The van der Waals surface area contributed by atoms with Gasteiger partial charge in [0.05, 0.1) is 31.7 Å². The first kappa shape index (κ1) is 22.0. The lowest BCUT2D eigenvalue weighted by atomic mass is 10.1. The van der Waals surface area contributed by atoms with E-state index in [-0.39, 0.29) is 35.2 Å². The number of anilines is 2. The lowest BCUT2D eigenvalue weighted by molar-refractivity contribution is 0.0729. The van der Waals surface area contributed by atoms with Crippen LogP contribution in [0.1, 0.15) is 10.4 Å². The molecule has 0 aromatic heterocycles.